The van der Waals surface area contributed by atoms with Gasteiger partial charge in [0, 0.05) is 29.4 Å². The Morgan fingerprint density at radius 1 is 0.700 bits per heavy atom. The van der Waals surface area contributed by atoms with Gasteiger partial charge in [0.1, 0.15) is 5.65 Å². The molecule has 0 bridgehead atoms. The molecule has 0 saturated carbocycles. The minimum Gasteiger partial charge on any atom is -0.326 e. The number of rotatable bonds is 2. The van der Waals surface area contributed by atoms with Gasteiger partial charge in [0.2, 0.25) is 0 Å². The highest BCUT2D eigenvalue weighted by molar-refractivity contribution is 6.16. The van der Waals surface area contributed by atoms with E-state index in [0.29, 0.717) is 5.92 Å². The van der Waals surface area contributed by atoms with Gasteiger partial charge >= 0.3 is 0 Å². The van der Waals surface area contributed by atoms with E-state index in [9.17, 15) is 4.79 Å². The lowest BCUT2D eigenvalue weighted by Crippen LogP contribution is -2.32. The number of pyridine rings is 1. The van der Waals surface area contributed by atoms with Crippen LogP contribution in [0.25, 0.3) is 44.2 Å². The van der Waals surface area contributed by atoms with Gasteiger partial charge < -0.3 is 4.57 Å². The Labute approximate surface area is 174 Å². The second-order valence-electron chi connectivity index (χ2n) is 8.33. The largest absolute Gasteiger partial charge is 0.326 e. The molecule has 2 aromatic heterocycles. The van der Waals surface area contributed by atoms with E-state index >= 15 is 0 Å². The van der Waals surface area contributed by atoms with Gasteiger partial charge in [-0.3, -0.25) is 9.36 Å². The molecule has 5 aromatic rings. The summed E-state index contributed by atoms with van der Waals surface area (Å²) >= 11 is 0. The Kier molecular flexibility index (Phi) is 3.72. The molecule has 0 aliphatic carbocycles. The summed E-state index contributed by atoms with van der Waals surface area (Å²) in [5, 5.41) is 2.40. The first-order chi connectivity index (χ1) is 14.7. The van der Waals surface area contributed by atoms with Gasteiger partial charge in [-0.15, -0.1) is 0 Å². The molecule has 0 spiro atoms. The van der Waals surface area contributed by atoms with Crippen molar-refractivity contribution >= 4 is 21.9 Å². The van der Waals surface area contributed by atoms with Gasteiger partial charge in [0.15, 0.2) is 0 Å². The predicted molar refractivity (Wildman–Crippen MR) is 124 cm³/mol. The maximum absolute atomic E-state index is 14.0. The first-order valence-corrected chi connectivity index (χ1v) is 10.5. The van der Waals surface area contributed by atoms with Crippen molar-refractivity contribution in [1.29, 1.82) is 0 Å². The first-order valence-electron chi connectivity index (χ1n) is 10.5. The Bertz CT molecular complexity index is 1460. The molecule has 3 heterocycles. The predicted octanol–water partition coefficient (Wildman–Crippen LogP) is 5.94. The third-order valence-electron chi connectivity index (χ3n) is 6.27. The molecule has 30 heavy (non-hydrogen) atoms. The second kappa shape index (κ2) is 6.46. The van der Waals surface area contributed by atoms with E-state index in [4.69, 9.17) is 0 Å². The van der Waals surface area contributed by atoms with Gasteiger partial charge in [0.05, 0.1) is 11.1 Å². The molecule has 1 atom stereocenters. The smallest absolute Gasteiger partial charge is 0.260 e. The highest BCUT2D eigenvalue weighted by Gasteiger charge is 2.28. The van der Waals surface area contributed by atoms with Gasteiger partial charge in [-0.2, -0.15) is 0 Å². The maximum atomic E-state index is 14.0. The summed E-state index contributed by atoms with van der Waals surface area (Å²) in [5.41, 5.74) is 6.26. The molecular formula is C27H22N2O. The fourth-order valence-corrected chi connectivity index (χ4v) is 5.08. The van der Waals surface area contributed by atoms with E-state index in [-0.39, 0.29) is 5.56 Å². The number of aromatic nitrogens is 2. The van der Waals surface area contributed by atoms with Crippen molar-refractivity contribution in [3.05, 3.63) is 95.3 Å². The molecule has 146 valence electrons. The average molecular weight is 390 g/mol. The van der Waals surface area contributed by atoms with Crippen molar-refractivity contribution in [3.8, 4) is 22.3 Å². The van der Waals surface area contributed by atoms with Crippen molar-refractivity contribution in [2.24, 2.45) is 5.92 Å². The standard InChI is InChI=1S/C27H22N2O/c1-18-16-28-22-15-9-8-14-21(22)25-23(19-10-4-2-5-11-19)24(20-12-6-3-7-13-20)27(30)29(17-18)26(25)28/h2-15,18H,16-17H2,1H3/t18-/m0/s1. The number of para-hydroxylation sites is 1. The number of fused-ring (bicyclic) bond motifs is 3. The highest BCUT2D eigenvalue weighted by atomic mass is 16.1. The minimum atomic E-state index is 0.100. The van der Waals surface area contributed by atoms with Crippen molar-refractivity contribution in [2.45, 2.75) is 20.0 Å². The van der Waals surface area contributed by atoms with E-state index in [1.54, 1.807) is 0 Å². The molecule has 0 unspecified atom stereocenters. The first kappa shape index (κ1) is 17.3. The molecule has 3 heteroatoms. The number of benzene rings is 3. The van der Waals surface area contributed by atoms with Crippen molar-refractivity contribution in [2.75, 3.05) is 0 Å². The average Bonchev–Trinajstić information content (AvgIpc) is 3.11. The fraction of sp³-hybridized carbons (Fsp3) is 0.148. The molecule has 0 amide bonds. The zero-order valence-electron chi connectivity index (χ0n) is 16.9. The Hall–Kier alpha value is -3.59. The van der Waals surface area contributed by atoms with Crippen molar-refractivity contribution in [3.63, 3.8) is 0 Å². The normalized spacial score (nSPS) is 15.7. The Morgan fingerprint density at radius 3 is 1.97 bits per heavy atom. The third kappa shape index (κ3) is 2.35. The topological polar surface area (TPSA) is 26.9 Å². The quantitative estimate of drug-likeness (QED) is 0.366. The zero-order valence-corrected chi connectivity index (χ0v) is 16.9. The van der Waals surface area contributed by atoms with E-state index < -0.39 is 0 Å². The SMILES string of the molecule is C[C@@H]1Cn2c(=O)c(-c3ccccc3)c(-c3ccccc3)c3c4ccccc4n(c32)C1. The summed E-state index contributed by atoms with van der Waals surface area (Å²) in [7, 11) is 0. The van der Waals surface area contributed by atoms with Crippen LogP contribution < -0.4 is 5.56 Å². The summed E-state index contributed by atoms with van der Waals surface area (Å²) in [4.78, 5) is 14.0. The lowest BCUT2D eigenvalue weighted by molar-refractivity contribution is 0.393. The van der Waals surface area contributed by atoms with E-state index in [2.05, 4.69) is 60.0 Å². The van der Waals surface area contributed by atoms with Crippen LogP contribution in [-0.4, -0.2) is 9.13 Å². The molecule has 1 aliphatic heterocycles. The Balaban J connectivity index is 1.91. The number of hydrogen-bond acceptors (Lipinski definition) is 1. The van der Waals surface area contributed by atoms with Crippen LogP contribution in [-0.2, 0) is 13.1 Å². The van der Waals surface area contributed by atoms with Crippen LogP contribution in [0.15, 0.2) is 89.7 Å². The van der Waals surface area contributed by atoms with Crippen LogP contribution in [0, 0.1) is 5.92 Å². The van der Waals surface area contributed by atoms with E-state index in [1.165, 1.54) is 16.3 Å². The molecule has 3 aromatic carbocycles. The van der Waals surface area contributed by atoms with Crippen LogP contribution in [0.4, 0.5) is 0 Å². The minimum absolute atomic E-state index is 0.100. The number of hydrogen-bond donors (Lipinski definition) is 0. The highest BCUT2D eigenvalue weighted by Crippen LogP contribution is 2.42. The van der Waals surface area contributed by atoms with Crippen molar-refractivity contribution in [1.82, 2.24) is 9.13 Å². The summed E-state index contributed by atoms with van der Waals surface area (Å²) in [6.45, 7) is 3.91. The van der Waals surface area contributed by atoms with E-state index in [1.807, 2.05) is 41.0 Å². The summed E-state index contributed by atoms with van der Waals surface area (Å²) < 4.78 is 4.36. The van der Waals surface area contributed by atoms with Gasteiger partial charge in [-0.25, -0.2) is 0 Å². The zero-order chi connectivity index (χ0) is 20.2. The van der Waals surface area contributed by atoms with Crippen LogP contribution in [0.3, 0.4) is 0 Å². The summed E-state index contributed by atoms with van der Waals surface area (Å²) in [6, 6.07) is 29.0. The lowest BCUT2D eigenvalue weighted by Gasteiger charge is -2.26. The third-order valence-corrected chi connectivity index (χ3v) is 6.27. The van der Waals surface area contributed by atoms with Crippen LogP contribution >= 0.6 is 0 Å². The van der Waals surface area contributed by atoms with Crippen LogP contribution in [0.1, 0.15) is 6.92 Å². The molecule has 6 rings (SSSR count). The number of nitrogens with zero attached hydrogens (tertiary/aromatic N) is 2. The molecule has 1 aliphatic rings. The summed E-state index contributed by atoms with van der Waals surface area (Å²) in [6.07, 6.45) is 0. The van der Waals surface area contributed by atoms with Crippen LogP contribution in [0.5, 0.6) is 0 Å². The molecule has 3 nitrogen and oxygen atoms in total. The lowest BCUT2D eigenvalue weighted by atomic mass is 9.92. The van der Waals surface area contributed by atoms with Gasteiger partial charge in [-0.05, 0) is 23.1 Å². The fourth-order valence-electron chi connectivity index (χ4n) is 5.08. The molecular weight excluding hydrogens is 368 g/mol. The van der Waals surface area contributed by atoms with Gasteiger partial charge in [0.25, 0.3) is 5.56 Å². The van der Waals surface area contributed by atoms with Crippen molar-refractivity contribution < 1.29 is 0 Å². The molecule has 0 radical (unpaired) electrons. The molecule has 0 N–H and O–H groups in total. The van der Waals surface area contributed by atoms with Gasteiger partial charge in [-0.1, -0.05) is 85.8 Å². The molecule has 0 fully saturated rings. The maximum Gasteiger partial charge on any atom is 0.260 e. The van der Waals surface area contributed by atoms with E-state index in [0.717, 1.165) is 41.0 Å². The monoisotopic (exact) mass is 390 g/mol. The Morgan fingerprint density at radius 2 is 1.27 bits per heavy atom. The second-order valence-corrected chi connectivity index (χ2v) is 8.33. The summed E-state index contributed by atoms with van der Waals surface area (Å²) in [5.74, 6) is 0.403. The molecule has 0 saturated heterocycles. The van der Waals surface area contributed by atoms with Crippen LogP contribution in [0.2, 0.25) is 0 Å².